The van der Waals surface area contributed by atoms with Crippen molar-refractivity contribution in [3.8, 4) is 11.5 Å². The maximum Gasteiger partial charge on any atom is 0.126 e. The van der Waals surface area contributed by atoms with Gasteiger partial charge in [-0.3, -0.25) is 0 Å². The number of hydrogen-bond acceptors (Lipinski definition) is 2. The molecule has 0 amide bonds. The molecule has 0 aliphatic heterocycles. The molecule has 0 aromatic heterocycles. The summed E-state index contributed by atoms with van der Waals surface area (Å²) in [5, 5.41) is 0. The van der Waals surface area contributed by atoms with E-state index in [2.05, 4.69) is 116 Å². The second-order valence-corrected chi connectivity index (χ2v) is 19.5. The maximum absolute atomic E-state index is 6.57. The lowest BCUT2D eigenvalue weighted by Crippen LogP contribution is -2.01. The fourth-order valence-corrected chi connectivity index (χ4v) is 9.11. The van der Waals surface area contributed by atoms with Crippen molar-refractivity contribution in [1.29, 1.82) is 0 Å². The molecule has 0 heterocycles. The van der Waals surface area contributed by atoms with Gasteiger partial charge in [0.2, 0.25) is 0 Å². The number of rotatable bonds is 38. The van der Waals surface area contributed by atoms with Gasteiger partial charge in [-0.2, -0.15) is 0 Å². The largest absolute Gasteiger partial charge is 0.493 e. The van der Waals surface area contributed by atoms with Crippen LogP contribution in [0.25, 0.3) is 24.3 Å². The molecule has 3 aromatic carbocycles. The number of benzene rings is 3. The van der Waals surface area contributed by atoms with Crippen LogP contribution in [0.4, 0.5) is 0 Å². The first-order valence-corrected chi connectivity index (χ1v) is 27.3. The first-order valence-electron chi connectivity index (χ1n) is 27.3. The van der Waals surface area contributed by atoms with Crippen molar-refractivity contribution in [2.75, 3.05) is 13.2 Å². The summed E-state index contributed by atoms with van der Waals surface area (Å²) in [6, 6.07) is 14.3. The third kappa shape index (κ3) is 22.8. The molecule has 0 N–H and O–H groups in total. The Kier molecular flexibility index (Phi) is 30.1. The molecule has 0 unspecified atom stereocenters. The summed E-state index contributed by atoms with van der Waals surface area (Å²) < 4.78 is 13.0. The Hall–Kier alpha value is -3.26. The lowest BCUT2D eigenvalue weighted by Gasteiger charge is -2.16. The fraction of sp³-hybridized carbons (Fsp3) is 0.645. The molecular formula is C62H98O2. The van der Waals surface area contributed by atoms with Crippen LogP contribution in [0.15, 0.2) is 36.4 Å². The van der Waals surface area contributed by atoms with Crippen LogP contribution >= 0.6 is 0 Å². The number of aryl methyl sites for hydroxylation is 6. The zero-order chi connectivity index (χ0) is 46.0. The predicted octanol–water partition coefficient (Wildman–Crippen LogP) is 20.1. The molecule has 0 radical (unpaired) electrons. The van der Waals surface area contributed by atoms with Gasteiger partial charge in [0.05, 0.1) is 13.2 Å². The Morgan fingerprint density at radius 3 is 1.11 bits per heavy atom. The molecule has 64 heavy (non-hydrogen) atoms. The van der Waals surface area contributed by atoms with Gasteiger partial charge in [0, 0.05) is 5.56 Å². The SMILES string of the molecule is CCCCCCCCCCOc1cc(/C=C/c2cc(CCCCCCCC)c(/C=C/c3cc(C)c(C)cc3OCCCCCCCCCC)cc2CCCCCCCC)c(C)cc1C. The summed E-state index contributed by atoms with van der Waals surface area (Å²) in [7, 11) is 0. The van der Waals surface area contributed by atoms with Crippen molar-refractivity contribution < 1.29 is 9.47 Å². The Labute approximate surface area is 396 Å². The van der Waals surface area contributed by atoms with E-state index in [9.17, 15) is 0 Å². The van der Waals surface area contributed by atoms with Crippen LogP contribution in [0.1, 0.15) is 263 Å². The Balaban J connectivity index is 1.90. The van der Waals surface area contributed by atoms with Crippen molar-refractivity contribution in [3.63, 3.8) is 0 Å². The molecule has 0 saturated carbocycles. The smallest absolute Gasteiger partial charge is 0.126 e. The molecule has 358 valence electrons. The molecule has 0 saturated heterocycles. The van der Waals surface area contributed by atoms with E-state index in [0.29, 0.717) is 0 Å². The monoisotopic (exact) mass is 875 g/mol. The first-order chi connectivity index (χ1) is 31.3. The minimum atomic E-state index is 0.790. The van der Waals surface area contributed by atoms with Crippen molar-refractivity contribution in [2.24, 2.45) is 0 Å². The average molecular weight is 875 g/mol. The zero-order valence-electron chi connectivity index (χ0n) is 43.2. The summed E-state index contributed by atoms with van der Waals surface area (Å²) in [6.45, 7) is 19.7. The second kappa shape index (κ2) is 35.0. The van der Waals surface area contributed by atoms with E-state index >= 15 is 0 Å². The molecule has 0 aliphatic rings. The van der Waals surface area contributed by atoms with E-state index in [1.807, 2.05) is 0 Å². The van der Waals surface area contributed by atoms with Crippen LogP contribution in [0, 0.1) is 27.7 Å². The summed E-state index contributed by atoms with van der Waals surface area (Å²) in [4.78, 5) is 0. The van der Waals surface area contributed by atoms with Gasteiger partial charge < -0.3 is 9.47 Å². The van der Waals surface area contributed by atoms with Gasteiger partial charge >= 0.3 is 0 Å². The Morgan fingerprint density at radius 2 is 0.656 bits per heavy atom. The molecule has 0 atom stereocenters. The van der Waals surface area contributed by atoms with Crippen molar-refractivity contribution in [2.45, 2.75) is 248 Å². The minimum absolute atomic E-state index is 0.790. The predicted molar refractivity (Wildman–Crippen MR) is 286 cm³/mol. The van der Waals surface area contributed by atoms with Gasteiger partial charge in [0.15, 0.2) is 0 Å². The lowest BCUT2D eigenvalue weighted by atomic mass is 9.91. The van der Waals surface area contributed by atoms with E-state index in [1.54, 1.807) is 0 Å². The molecule has 0 aliphatic carbocycles. The number of unbranched alkanes of at least 4 members (excludes halogenated alkanes) is 24. The standard InChI is InChI=1S/C62H98O2/c1-9-13-17-21-25-27-31-35-43-63-61-50-55(53(7)45-54(61)8)39-40-58-48-57(38-34-30-24-20-16-12-4)59(49-56(58)37-33-29-23-19-15-11-3)41-42-60-46-51(5)52(6)47-62(60)64-44-36-32-28-26-22-18-14-10-2/h39-42,45-50H,9-38,43-44H2,1-8H3/b40-39+,42-41+. The normalized spacial score (nSPS) is 11.8. The second-order valence-electron chi connectivity index (χ2n) is 19.5. The first kappa shape index (κ1) is 55.1. The summed E-state index contributed by atoms with van der Waals surface area (Å²) in [5.41, 5.74) is 13.3. The molecule has 0 spiro atoms. The molecule has 2 nitrogen and oxygen atoms in total. The van der Waals surface area contributed by atoms with Gasteiger partial charge in [0.25, 0.3) is 0 Å². The average Bonchev–Trinajstić information content (AvgIpc) is 3.28. The summed E-state index contributed by atoms with van der Waals surface area (Å²) in [6.07, 6.45) is 48.5. The molecule has 3 rings (SSSR count). The van der Waals surface area contributed by atoms with Crippen LogP contribution < -0.4 is 9.47 Å². The topological polar surface area (TPSA) is 18.5 Å². The summed E-state index contributed by atoms with van der Waals surface area (Å²) >= 11 is 0. The Morgan fingerprint density at radius 1 is 0.297 bits per heavy atom. The van der Waals surface area contributed by atoms with Crippen LogP contribution in [-0.2, 0) is 12.8 Å². The van der Waals surface area contributed by atoms with Gasteiger partial charge in [-0.25, -0.2) is 0 Å². The maximum atomic E-state index is 6.57. The van der Waals surface area contributed by atoms with E-state index in [1.165, 1.54) is 223 Å². The third-order valence-electron chi connectivity index (χ3n) is 13.6. The number of ether oxygens (including phenoxy) is 2. The molecule has 2 heteroatoms. The lowest BCUT2D eigenvalue weighted by molar-refractivity contribution is 0.302. The number of hydrogen-bond donors (Lipinski definition) is 0. The summed E-state index contributed by atoms with van der Waals surface area (Å²) in [5.74, 6) is 2.07. The fourth-order valence-electron chi connectivity index (χ4n) is 9.11. The van der Waals surface area contributed by atoms with Crippen LogP contribution in [-0.4, -0.2) is 13.2 Å². The zero-order valence-corrected chi connectivity index (χ0v) is 43.2. The molecular weight excluding hydrogens is 777 g/mol. The van der Waals surface area contributed by atoms with E-state index in [4.69, 9.17) is 9.47 Å². The van der Waals surface area contributed by atoms with Crippen LogP contribution in [0.3, 0.4) is 0 Å². The molecule has 0 bridgehead atoms. The highest BCUT2D eigenvalue weighted by molar-refractivity contribution is 5.78. The highest BCUT2D eigenvalue weighted by Crippen LogP contribution is 2.31. The molecule has 0 fully saturated rings. The quantitative estimate of drug-likeness (QED) is 0.0422. The Bertz CT molecular complexity index is 1730. The van der Waals surface area contributed by atoms with Gasteiger partial charge in [-0.15, -0.1) is 0 Å². The van der Waals surface area contributed by atoms with Crippen LogP contribution in [0.5, 0.6) is 11.5 Å². The van der Waals surface area contributed by atoms with Gasteiger partial charge in [-0.1, -0.05) is 224 Å². The van der Waals surface area contributed by atoms with Gasteiger partial charge in [0.1, 0.15) is 11.5 Å². The van der Waals surface area contributed by atoms with E-state index < -0.39 is 0 Å². The highest BCUT2D eigenvalue weighted by Gasteiger charge is 2.12. The van der Waals surface area contributed by atoms with Crippen molar-refractivity contribution in [1.82, 2.24) is 0 Å². The van der Waals surface area contributed by atoms with Crippen LogP contribution in [0.2, 0.25) is 0 Å². The van der Waals surface area contributed by atoms with Gasteiger partial charge in [-0.05, 0) is 134 Å². The van der Waals surface area contributed by atoms with Crippen molar-refractivity contribution in [3.05, 3.63) is 92.0 Å². The van der Waals surface area contributed by atoms with E-state index in [0.717, 1.165) is 50.4 Å². The van der Waals surface area contributed by atoms with E-state index in [-0.39, 0.29) is 0 Å². The third-order valence-corrected chi connectivity index (χ3v) is 13.6. The van der Waals surface area contributed by atoms with Crippen molar-refractivity contribution >= 4 is 24.3 Å². The minimum Gasteiger partial charge on any atom is -0.493 e. The molecule has 3 aromatic rings. The highest BCUT2D eigenvalue weighted by atomic mass is 16.5.